The van der Waals surface area contributed by atoms with Gasteiger partial charge in [-0.2, -0.15) is 5.26 Å². The Labute approximate surface area is 172 Å². The number of amides is 3. The lowest BCUT2D eigenvalue weighted by atomic mass is 10.1. The number of hydrogen-bond donors (Lipinski definition) is 3. The number of ether oxygens (including phenoxy) is 1. The minimum Gasteiger partial charge on any atom is -0.454 e. The fourth-order valence-corrected chi connectivity index (χ4v) is 3.11. The van der Waals surface area contributed by atoms with Crippen LogP contribution in [-0.2, 0) is 20.7 Å². The molecule has 0 saturated carbocycles. The van der Waals surface area contributed by atoms with E-state index in [1.165, 1.54) is 11.8 Å². The number of esters is 1. The van der Waals surface area contributed by atoms with Gasteiger partial charge in [0.15, 0.2) is 6.61 Å². The van der Waals surface area contributed by atoms with E-state index in [1.54, 1.807) is 48.5 Å². The van der Waals surface area contributed by atoms with Crippen LogP contribution >= 0.6 is 11.8 Å². The van der Waals surface area contributed by atoms with Crippen LogP contribution in [0.5, 0.6) is 0 Å². The Morgan fingerprint density at radius 3 is 2.48 bits per heavy atom. The summed E-state index contributed by atoms with van der Waals surface area (Å²) in [7, 11) is 0. The number of nitrogens with one attached hydrogen (secondary N) is 2. The Morgan fingerprint density at radius 2 is 1.79 bits per heavy atom. The summed E-state index contributed by atoms with van der Waals surface area (Å²) in [4.78, 5) is 36.4. The van der Waals surface area contributed by atoms with Crippen molar-refractivity contribution in [1.29, 1.82) is 5.26 Å². The summed E-state index contributed by atoms with van der Waals surface area (Å²) >= 11 is 1.28. The van der Waals surface area contributed by atoms with Gasteiger partial charge in [-0.25, -0.2) is 9.59 Å². The van der Waals surface area contributed by atoms with Gasteiger partial charge in [0.2, 0.25) is 0 Å². The number of nitriles is 1. The van der Waals surface area contributed by atoms with E-state index in [0.717, 1.165) is 10.5 Å². The summed E-state index contributed by atoms with van der Waals surface area (Å²) in [5.41, 5.74) is 6.46. The molecule has 2 aromatic rings. The van der Waals surface area contributed by atoms with Gasteiger partial charge in [-0.1, -0.05) is 42.5 Å². The predicted molar refractivity (Wildman–Crippen MR) is 109 cm³/mol. The maximum Gasteiger partial charge on any atom is 0.329 e. The molecule has 0 aliphatic rings. The molecule has 3 amide bonds. The molecule has 0 unspecified atom stereocenters. The van der Waals surface area contributed by atoms with Crippen LogP contribution in [0.1, 0.15) is 5.56 Å². The van der Waals surface area contributed by atoms with Crippen LogP contribution < -0.4 is 16.4 Å². The molecule has 2 aromatic carbocycles. The average molecular weight is 412 g/mol. The molecular formula is C20H20N4O4S. The van der Waals surface area contributed by atoms with Crippen LogP contribution in [0.4, 0.5) is 10.5 Å². The van der Waals surface area contributed by atoms with Crippen molar-refractivity contribution < 1.29 is 19.1 Å². The SMILES string of the molecule is N#CCSc1ccccc1NC(=O)COC(=O)[C@H](Cc1ccccc1)NC(N)=O. The monoisotopic (exact) mass is 412 g/mol. The van der Waals surface area contributed by atoms with Gasteiger partial charge in [-0.15, -0.1) is 11.8 Å². The summed E-state index contributed by atoms with van der Waals surface area (Å²) in [6.45, 7) is -0.526. The number of nitrogens with two attached hydrogens (primary N) is 1. The first-order valence-electron chi connectivity index (χ1n) is 8.64. The molecule has 29 heavy (non-hydrogen) atoms. The Morgan fingerprint density at radius 1 is 1.10 bits per heavy atom. The van der Waals surface area contributed by atoms with E-state index in [9.17, 15) is 14.4 Å². The lowest BCUT2D eigenvalue weighted by molar-refractivity contribution is -0.149. The number of urea groups is 1. The van der Waals surface area contributed by atoms with Crippen molar-refractivity contribution in [1.82, 2.24) is 5.32 Å². The average Bonchev–Trinajstić information content (AvgIpc) is 2.71. The highest BCUT2D eigenvalue weighted by Crippen LogP contribution is 2.26. The fraction of sp³-hybridized carbons (Fsp3) is 0.200. The van der Waals surface area contributed by atoms with Gasteiger partial charge >= 0.3 is 12.0 Å². The Bertz CT molecular complexity index is 899. The second-order valence-corrected chi connectivity index (χ2v) is 6.87. The smallest absolute Gasteiger partial charge is 0.329 e. The first-order valence-corrected chi connectivity index (χ1v) is 9.63. The second kappa shape index (κ2) is 11.4. The molecule has 9 heteroatoms. The Balaban J connectivity index is 1.94. The molecule has 0 aromatic heterocycles. The van der Waals surface area contributed by atoms with E-state index in [-0.39, 0.29) is 12.2 Å². The molecule has 1 atom stereocenters. The molecule has 0 aliphatic heterocycles. The van der Waals surface area contributed by atoms with Gasteiger partial charge in [-0.3, -0.25) is 4.79 Å². The maximum atomic E-state index is 12.3. The van der Waals surface area contributed by atoms with E-state index in [0.29, 0.717) is 5.69 Å². The van der Waals surface area contributed by atoms with E-state index in [2.05, 4.69) is 10.6 Å². The molecule has 2 rings (SSSR count). The van der Waals surface area contributed by atoms with Gasteiger partial charge < -0.3 is 21.1 Å². The van der Waals surface area contributed by atoms with Crippen LogP contribution in [0.2, 0.25) is 0 Å². The quantitative estimate of drug-likeness (QED) is 0.426. The molecule has 0 spiro atoms. The van der Waals surface area contributed by atoms with Crippen molar-refractivity contribution in [2.45, 2.75) is 17.4 Å². The number of thioether (sulfide) groups is 1. The summed E-state index contributed by atoms with van der Waals surface area (Å²) < 4.78 is 5.05. The Kier molecular flexibility index (Phi) is 8.53. The molecule has 0 heterocycles. The zero-order valence-electron chi connectivity index (χ0n) is 15.5. The molecule has 4 N–H and O–H groups in total. The number of nitrogens with zero attached hydrogens (tertiary/aromatic N) is 1. The van der Waals surface area contributed by atoms with Gasteiger partial charge in [-0.05, 0) is 17.7 Å². The highest BCUT2D eigenvalue weighted by molar-refractivity contribution is 7.99. The number of hydrogen-bond acceptors (Lipinski definition) is 6. The minimum absolute atomic E-state index is 0.178. The number of rotatable bonds is 9. The number of para-hydroxylation sites is 1. The van der Waals surface area contributed by atoms with Crippen molar-refractivity contribution in [3.63, 3.8) is 0 Å². The summed E-state index contributed by atoms with van der Waals surface area (Å²) in [5, 5.41) is 13.7. The second-order valence-electron chi connectivity index (χ2n) is 5.85. The van der Waals surface area contributed by atoms with Gasteiger partial charge in [0.05, 0.1) is 17.5 Å². The normalized spacial score (nSPS) is 11.0. The number of benzene rings is 2. The van der Waals surface area contributed by atoms with Crippen molar-refractivity contribution in [2.24, 2.45) is 5.73 Å². The first kappa shape index (κ1) is 21.8. The predicted octanol–water partition coefficient (Wildman–Crippen LogP) is 2.06. The maximum absolute atomic E-state index is 12.3. The van der Waals surface area contributed by atoms with Crippen LogP contribution in [0.3, 0.4) is 0 Å². The highest BCUT2D eigenvalue weighted by atomic mass is 32.2. The third kappa shape index (κ3) is 7.56. The number of primary amides is 1. The fourth-order valence-electron chi connectivity index (χ4n) is 2.44. The zero-order chi connectivity index (χ0) is 21.1. The highest BCUT2D eigenvalue weighted by Gasteiger charge is 2.23. The molecule has 0 aliphatic carbocycles. The van der Waals surface area contributed by atoms with Gasteiger partial charge in [0, 0.05) is 11.3 Å². The first-order chi connectivity index (χ1) is 14.0. The lowest BCUT2D eigenvalue weighted by Gasteiger charge is -2.17. The molecule has 0 saturated heterocycles. The number of carbonyl (C=O) groups is 3. The van der Waals surface area contributed by atoms with Crippen molar-refractivity contribution in [3.05, 3.63) is 60.2 Å². The standard InChI is InChI=1S/C20H20N4O4S/c21-10-11-29-17-9-5-4-8-15(17)23-18(25)13-28-19(26)16(24-20(22)27)12-14-6-2-1-3-7-14/h1-9,16H,11-13H2,(H,23,25)(H3,22,24,27)/t16-/m0/s1. The van der Waals surface area contributed by atoms with E-state index in [1.807, 2.05) is 12.1 Å². The van der Waals surface area contributed by atoms with Crippen molar-refractivity contribution in [3.8, 4) is 6.07 Å². The van der Waals surface area contributed by atoms with Crippen LogP contribution in [0, 0.1) is 11.3 Å². The largest absolute Gasteiger partial charge is 0.454 e. The van der Waals surface area contributed by atoms with Crippen molar-refractivity contribution in [2.75, 3.05) is 17.7 Å². The van der Waals surface area contributed by atoms with E-state index in [4.69, 9.17) is 15.7 Å². The number of carbonyl (C=O) groups excluding carboxylic acids is 3. The minimum atomic E-state index is -1.01. The van der Waals surface area contributed by atoms with Crippen LogP contribution in [0.15, 0.2) is 59.5 Å². The summed E-state index contributed by atoms with van der Waals surface area (Å²) in [6, 6.07) is 16.2. The molecule has 8 nitrogen and oxygen atoms in total. The molecule has 0 radical (unpaired) electrons. The van der Waals surface area contributed by atoms with Crippen molar-refractivity contribution >= 4 is 35.4 Å². The van der Waals surface area contributed by atoms with Gasteiger partial charge in [0.25, 0.3) is 5.91 Å². The van der Waals surface area contributed by atoms with E-state index >= 15 is 0 Å². The number of anilines is 1. The lowest BCUT2D eigenvalue weighted by Crippen LogP contribution is -2.46. The third-order valence-electron chi connectivity index (χ3n) is 3.68. The molecule has 150 valence electrons. The topological polar surface area (TPSA) is 134 Å². The van der Waals surface area contributed by atoms with Gasteiger partial charge in [0.1, 0.15) is 6.04 Å². The summed E-state index contributed by atoms with van der Waals surface area (Å²) in [6.07, 6.45) is 0.178. The zero-order valence-corrected chi connectivity index (χ0v) is 16.3. The Hall–Kier alpha value is -3.51. The van der Waals surface area contributed by atoms with Crippen LogP contribution in [0.25, 0.3) is 0 Å². The third-order valence-corrected chi connectivity index (χ3v) is 4.62. The summed E-state index contributed by atoms with van der Waals surface area (Å²) in [5.74, 6) is -1.07. The molecular weight excluding hydrogens is 392 g/mol. The molecule has 0 fully saturated rings. The van der Waals surface area contributed by atoms with Crippen LogP contribution in [-0.4, -0.2) is 36.3 Å². The van der Waals surface area contributed by atoms with E-state index < -0.39 is 30.6 Å². The molecule has 0 bridgehead atoms.